The van der Waals surface area contributed by atoms with Crippen LogP contribution in [0.4, 0.5) is 16.2 Å². The van der Waals surface area contributed by atoms with Crippen LogP contribution < -0.4 is 60.7 Å². The first-order chi connectivity index (χ1) is 34.4. The Bertz CT molecular complexity index is 2850. The summed E-state index contributed by atoms with van der Waals surface area (Å²) < 4.78 is 32.4. The van der Waals surface area contributed by atoms with E-state index in [9.17, 15) is 42.3 Å². The van der Waals surface area contributed by atoms with E-state index >= 15 is 0 Å². The van der Waals surface area contributed by atoms with Crippen LogP contribution in [0.3, 0.4) is 0 Å². The number of carbonyl (C=O) groups excluding carboxylic acids is 6. The zero-order chi connectivity index (χ0) is 51.3. The molecule has 400 valence electrons. The average molecular weight is 1150 g/mol. The van der Waals surface area contributed by atoms with Crippen LogP contribution in [0.2, 0.25) is 0 Å². The van der Waals surface area contributed by atoms with Crippen LogP contribution in [0.25, 0.3) is 11.0 Å². The summed E-state index contributed by atoms with van der Waals surface area (Å²) in [6, 6.07) is 18.4. The number of unbranched alkanes of at least 4 members (excludes halogenated alkanes) is 2. The van der Waals surface area contributed by atoms with Crippen molar-refractivity contribution in [3.8, 4) is 0 Å². The number of urea groups is 1. The van der Waals surface area contributed by atoms with Crippen LogP contribution in [0.5, 0.6) is 0 Å². The number of ketones is 1. The van der Waals surface area contributed by atoms with Crippen molar-refractivity contribution in [2.45, 2.75) is 129 Å². The fourth-order valence-corrected chi connectivity index (χ4v) is 10.9. The number of anilines is 2. The molecule has 2 aromatic heterocycles. The van der Waals surface area contributed by atoms with Crippen molar-refractivity contribution in [2.75, 3.05) is 30.3 Å². The molecule has 21 heteroatoms. The first-order valence-corrected chi connectivity index (χ1v) is 26.5. The number of aromatic nitrogens is 2. The maximum Gasteiger partial charge on any atom is 0.333 e. The number of likely N-dealkylation sites (tertiary alicyclic amines) is 1. The van der Waals surface area contributed by atoms with Gasteiger partial charge in [-0.2, -0.15) is 8.42 Å². The molecule has 3 heterocycles. The number of nitrogens with zero attached hydrogens (tertiary/aromatic N) is 3. The van der Waals surface area contributed by atoms with Crippen molar-refractivity contribution in [1.82, 2.24) is 20.1 Å². The van der Waals surface area contributed by atoms with Crippen molar-refractivity contribution in [2.24, 2.45) is 28.6 Å². The Labute approximate surface area is 449 Å². The number of Topliss-reactive ketones (excluding diaryl/α,β-unsaturated/α-hetero) is 1. The normalized spacial score (nSPS) is 19.6. The van der Waals surface area contributed by atoms with E-state index in [1.165, 1.54) is 16.0 Å². The second kappa shape index (κ2) is 25.2. The number of pyridine rings is 1. The van der Waals surface area contributed by atoms with E-state index in [-0.39, 0.29) is 111 Å². The Morgan fingerprint density at radius 3 is 2.38 bits per heavy atom. The Hall–Kier alpha value is -5.75. The molecule has 1 aliphatic heterocycles. The van der Waals surface area contributed by atoms with E-state index in [1.807, 2.05) is 38.4 Å². The van der Waals surface area contributed by atoms with Gasteiger partial charge in [0.2, 0.25) is 11.8 Å². The number of amides is 6. The molecule has 9 N–H and O–H groups in total. The third kappa shape index (κ3) is 14.1. The van der Waals surface area contributed by atoms with E-state index in [0.29, 0.717) is 74.9 Å². The predicted molar refractivity (Wildman–Crippen MR) is 275 cm³/mol. The molecule has 0 bridgehead atoms. The summed E-state index contributed by atoms with van der Waals surface area (Å²) >= 11 is 0. The molecular weight excluding hydrogens is 1080 g/mol. The summed E-state index contributed by atoms with van der Waals surface area (Å²) in [5.41, 5.74) is 12.4. The topological polar surface area (TPSA) is 278 Å². The van der Waals surface area contributed by atoms with Gasteiger partial charge >= 0.3 is 16.3 Å². The number of carbonyl (C=O) groups is 6. The number of aliphatic hydroxyl groups excluding tert-OH is 1. The molecule has 4 aromatic rings. The van der Waals surface area contributed by atoms with E-state index in [4.69, 9.17) is 15.1 Å². The first kappa shape index (κ1) is 57.5. The molecule has 3 aliphatic carbocycles. The quantitative estimate of drug-likeness (QED) is 0.0218. The molecule has 4 aliphatic rings. The number of primary amides is 1. The molecule has 1 fully saturated rings. The number of aryl methyl sites for hydroxylation is 1. The molecule has 1 saturated carbocycles. The van der Waals surface area contributed by atoms with Crippen LogP contribution in [-0.4, -0.2) is 90.3 Å². The standard InChI is InChI=1S/C52H65N9O10S.CH4.HI/c1-31(2)47(58-46(64)12-4-3-7-22-61-50(66)40-28-41(40)51(61)67)45(63)26-34(10-8-21-55-52(53)68)48(65)56-36-16-13-32(14-17-36)29-59-23-20-43(57-42-18-15-33-9-5-6-11-38(33)42)39-19-24-60(49(39)59)37-25-35(44(62)27-37)30-71-72(54,69)70;;/h5-6,9,11,13-14,16-17,19-20,23-24,31,34-35,37,42,44,47,62H,3-4,7-8,10,12,15,18,21-22,25-30H2,1-2H3,(H7,53,54,55,56,58,64,65,68,69,70);1H4;1H/t34-,35-,37+,42-,44-,47+;;/m0../s1. The number of benzene rings is 2. The summed E-state index contributed by atoms with van der Waals surface area (Å²) in [7, 11) is -4.17. The molecule has 0 saturated heterocycles. The maximum absolute atomic E-state index is 14.0. The predicted octanol–water partition coefficient (Wildman–Crippen LogP) is 1.98. The maximum atomic E-state index is 14.0. The van der Waals surface area contributed by atoms with Gasteiger partial charge in [-0.05, 0) is 85.8 Å². The molecule has 19 nitrogen and oxygen atoms in total. The largest absolute Gasteiger partial charge is 1.00 e. The molecular formula is C53H70IN9O10S. The Morgan fingerprint density at radius 2 is 1.68 bits per heavy atom. The van der Waals surface area contributed by atoms with Gasteiger partial charge in [-0.3, -0.25) is 33.1 Å². The van der Waals surface area contributed by atoms with Crippen LogP contribution >= 0.6 is 0 Å². The van der Waals surface area contributed by atoms with Crippen molar-refractivity contribution < 1.29 is 75.0 Å². The SMILES string of the molecule is C.CC(C)[C@@H](NC(=O)CCCCCN1C(=O)C2=C(C2)C1=O)C(=O)C[C@H](CCCNC(N)=O)C(=O)Nc1ccc(C[n+]2ccc(N[C@H]3CCc4ccccc43)c3ccn([C@@H]4C[C@@H](COS(N)(=O)=O)[C@@H](O)C4)c32)cc1.[I-]. The Morgan fingerprint density at radius 1 is 0.946 bits per heavy atom. The summed E-state index contributed by atoms with van der Waals surface area (Å²) in [5, 5.41) is 29.3. The van der Waals surface area contributed by atoms with E-state index < -0.39 is 40.3 Å². The third-order valence-corrected chi connectivity index (χ3v) is 14.9. The van der Waals surface area contributed by atoms with Crippen molar-refractivity contribution >= 4 is 68.2 Å². The number of hydrogen-bond acceptors (Lipinski definition) is 11. The van der Waals surface area contributed by atoms with Crippen molar-refractivity contribution in [3.63, 3.8) is 0 Å². The number of rotatable bonds is 25. The second-order valence-electron chi connectivity index (χ2n) is 20.0. The molecule has 8 rings (SSSR count). The van der Waals surface area contributed by atoms with Gasteiger partial charge in [-0.1, -0.05) is 64.1 Å². The molecule has 0 radical (unpaired) electrons. The Kier molecular flexibility index (Phi) is 19.6. The minimum Gasteiger partial charge on any atom is -1.00 e. The number of imide groups is 1. The van der Waals surface area contributed by atoms with Crippen LogP contribution in [-0.2, 0) is 51.4 Å². The number of nitrogens with one attached hydrogen (secondary N) is 4. The lowest BCUT2D eigenvalue weighted by molar-refractivity contribution is -0.665. The van der Waals surface area contributed by atoms with Crippen LogP contribution in [0.1, 0.15) is 121 Å². The number of nitrogens with two attached hydrogens (primary N) is 2. The second-order valence-corrected chi connectivity index (χ2v) is 21.2. The zero-order valence-corrected chi connectivity index (χ0v) is 44.2. The monoisotopic (exact) mass is 1150 g/mol. The number of aliphatic hydroxyl groups is 1. The molecule has 74 heavy (non-hydrogen) atoms. The highest BCUT2D eigenvalue weighted by atomic mass is 127. The van der Waals surface area contributed by atoms with E-state index in [2.05, 4.69) is 66.8 Å². The Balaban J connectivity index is 0.00000446. The van der Waals surface area contributed by atoms with E-state index in [0.717, 1.165) is 35.1 Å². The van der Waals surface area contributed by atoms with Gasteiger partial charge in [0.25, 0.3) is 17.5 Å². The van der Waals surface area contributed by atoms with Gasteiger partial charge in [0.05, 0.1) is 48.3 Å². The molecule has 6 atom stereocenters. The van der Waals surface area contributed by atoms with Crippen LogP contribution in [0, 0.1) is 17.8 Å². The fraction of sp³-hybridized carbons (Fsp3) is 0.491. The molecule has 6 amide bonds. The minimum atomic E-state index is -4.17. The lowest BCUT2D eigenvalue weighted by Crippen LogP contribution is -3.00. The molecule has 0 spiro atoms. The van der Waals surface area contributed by atoms with Gasteiger partial charge < -0.3 is 56.1 Å². The first-order valence-electron chi connectivity index (χ1n) is 25.0. The van der Waals surface area contributed by atoms with Crippen molar-refractivity contribution in [3.05, 3.63) is 101 Å². The highest BCUT2D eigenvalue weighted by Gasteiger charge is 2.47. The summed E-state index contributed by atoms with van der Waals surface area (Å²) in [5.74, 6) is -2.89. The molecule has 0 unspecified atom stereocenters. The lowest BCUT2D eigenvalue weighted by atomic mass is 9.89. The van der Waals surface area contributed by atoms with Gasteiger partial charge in [0.15, 0.2) is 5.78 Å². The number of fused-ring (bicyclic) bond motifs is 2. The van der Waals surface area contributed by atoms with Crippen LogP contribution in [0.15, 0.2) is 84.2 Å². The van der Waals surface area contributed by atoms with E-state index in [1.54, 1.807) is 12.1 Å². The fourth-order valence-electron chi connectivity index (χ4n) is 10.5. The van der Waals surface area contributed by atoms with Gasteiger partial charge in [0, 0.05) is 73.5 Å². The van der Waals surface area contributed by atoms with Gasteiger partial charge in [0.1, 0.15) is 12.6 Å². The number of halogens is 1. The summed E-state index contributed by atoms with van der Waals surface area (Å²) in [6.45, 7) is 4.40. The number of piperidine rings is 1. The van der Waals surface area contributed by atoms with Crippen molar-refractivity contribution in [1.29, 1.82) is 0 Å². The van der Waals surface area contributed by atoms with Gasteiger partial charge in [-0.15, -0.1) is 0 Å². The van der Waals surface area contributed by atoms with Gasteiger partial charge in [-0.25, -0.2) is 19.1 Å². The highest BCUT2D eigenvalue weighted by molar-refractivity contribution is 7.84. The molecule has 2 aromatic carbocycles. The zero-order valence-electron chi connectivity index (χ0n) is 41.2. The lowest BCUT2D eigenvalue weighted by Gasteiger charge is -2.24. The third-order valence-electron chi connectivity index (χ3n) is 14.4. The number of hydrogen-bond donors (Lipinski definition) is 7. The summed E-state index contributed by atoms with van der Waals surface area (Å²) in [4.78, 5) is 78.0. The smallest absolute Gasteiger partial charge is 0.333 e. The average Bonchev–Trinajstić information content (AvgIpc) is 3.52. The summed E-state index contributed by atoms with van der Waals surface area (Å²) in [6.07, 6.45) is 8.87. The highest BCUT2D eigenvalue weighted by Crippen LogP contribution is 2.41. The minimum absolute atomic E-state index is 0.